The van der Waals surface area contributed by atoms with E-state index in [4.69, 9.17) is 4.42 Å². The minimum Gasteiger partial charge on any atom is -0.419 e. The van der Waals surface area contributed by atoms with Crippen LogP contribution in [0.1, 0.15) is 26.7 Å². The Kier molecular flexibility index (Phi) is 3.43. The highest BCUT2D eigenvalue weighted by molar-refractivity contribution is 5.53. The van der Waals surface area contributed by atoms with Crippen molar-refractivity contribution in [3.63, 3.8) is 0 Å². The van der Waals surface area contributed by atoms with Gasteiger partial charge in [0.25, 0.3) is 5.89 Å². The van der Waals surface area contributed by atoms with Crippen LogP contribution in [0.25, 0.3) is 11.5 Å². The largest absolute Gasteiger partial charge is 0.419 e. The maximum Gasteiger partial charge on any atom is 0.250 e. The predicted octanol–water partition coefficient (Wildman–Crippen LogP) is 2.76. The summed E-state index contributed by atoms with van der Waals surface area (Å²) < 4.78 is 18.9. The number of nitrogens with one attached hydrogen (secondary N) is 1. The van der Waals surface area contributed by atoms with E-state index in [1.165, 1.54) is 6.07 Å². The highest BCUT2D eigenvalue weighted by Crippen LogP contribution is 2.20. The van der Waals surface area contributed by atoms with Crippen molar-refractivity contribution in [1.29, 1.82) is 0 Å². The zero-order chi connectivity index (χ0) is 13.2. The highest BCUT2D eigenvalue weighted by atomic mass is 19.1. The Morgan fingerprint density at radius 2 is 1.94 bits per heavy atom. The number of benzene rings is 1. The maximum atomic E-state index is 13.5. The average molecular weight is 249 g/mol. The molecule has 1 aromatic heterocycles. The SMILES string of the molecule is CC(C)(C)NCc1nnc(-c2ccccc2F)o1. The van der Waals surface area contributed by atoms with E-state index >= 15 is 0 Å². The van der Waals surface area contributed by atoms with E-state index in [2.05, 4.69) is 15.5 Å². The number of hydrogen-bond donors (Lipinski definition) is 1. The molecule has 0 unspecified atom stereocenters. The first-order valence-corrected chi connectivity index (χ1v) is 5.78. The molecule has 1 aromatic carbocycles. The predicted molar refractivity (Wildman–Crippen MR) is 66.3 cm³/mol. The third-order valence-corrected chi connectivity index (χ3v) is 2.34. The van der Waals surface area contributed by atoms with E-state index in [1.807, 2.05) is 20.8 Å². The fraction of sp³-hybridized carbons (Fsp3) is 0.385. The van der Waals surface area contributed by atoms with E-state index in [9.17, 15) is 4.39 Å². The van der Waals surface area contributed by atoms with Gasteiger partial charge in [0.15, 0.2) is 0 Å². The summed E-state index contributed by atoms with van der Waals surface area (Å²) in [7, 11) is 0. The Morgan fingerprint density at radius 1 is 1.22 bits per heavy atom. The number of hydrogen-bond acceptors (Lipinski definition) is 4. The van der Waals surface area contributed by atoms with Gasteiger partial charge in [0.1, 0.15) is 5.82 Å². The first kappa shape index (κ1) is 12.7. The first-order valence-electron chi connectivity index (χ1n) is 5.78. The second-order valence-corrected chi connectivity index (χ2v) is 5.08. The van der Waals surface area contributed by atoms with Crippen LogP contribution in [0.4, 0.5) is 4.39 Å². The molecule has 0 amide bonds. The molecule has 0 fully saturated rings. The summed E-state index contributed by atoms with van der Waals surface area (Å²) in [6, 6.07) is 6.34. The van der Waals surface area contributed by atoms with Crippen LogP contribution in [0.2, 0.25) is 0 Å². The summed E-state index contributed by atoms with van der Waals surface area (Å²) in [4.78, 5) is 0. The van der Waals surface area contributed by atoms with E-state index in [0.29, 0.717) is 18.0 Å². The van der Waals surface area contributed by atoms with Crippen LogP contribution >= 0.6 is 0 Å². The molecule has 96 valence electrons. The second-order valence-electron chi connectivity index (χ2n) is 5.08. The zero-order valence-electron chi connectivity index (χ0n) is 10.7. The summed E-state index contributed by atoms with van der Waals surface area (Å²) in [6.07, 6.45) is 0. The van der Waals surface area contributed by atoms with E-state index in [0.717, 1.165) is 0 Å². The van der Waals surface area contributed by atoms with E-state index < -0.39 is 0 Å². The molecule has 1 N–H and O–H groups in total. The van der Waals surface area contributed by atoms with Gasteiger partial charge in [0.2, 0.25) is 5.89 Å². The quantitative estimate of drug-likeness (QED) is 0.908. The average Bonchev–Trinajstić information content (AvgIpc) is 2.75. The van der Waals surface area contributed by atoms with Crippen molar-refractivity contribution in [1.82, 2.24) is 15.5 Å². The second kappa shape index (κ2) is 4.86. The molecule has 0 aliphatic rings. The summed E-state index contributed by atoms with van der Waals surface area (Å²) >= 11 is 0. The number of aromatic nitrogens is 2. The highest BCUT2D eigenvalue weighted by Gasteiger charge is 2.14. The van der Waals surface area contributed by atoms with Gasteiger partial charge in [-0.05, 0) is 32.9 Å². The van der Waals surface area contributed by atoms with Crippen LogP contribution in [0.15, 0.2) is 28.7 Å². The fourth-order valence-corrected chi connectivity index (χ4v) is 1.41. The molecule has 4 nitrogen and oxygen atoms in total. The molecule has 0 bridgehead atoms. The number of rotatable bonds is 3. The zero-order valence-corrected chi connectivity index (χ0v) is 10.7. The molecule has 1 heterocycles. The molecular formula is C13H16FN3O. The molecule has 5 heteroatoms. The molecule has 2 aromatic rings. The molecule has 0 atom stereocenters. The van der Waals surface area contributed by atoms with Crippen LogP contribution in [-0.4, -0.2) is 15.7 Å². The van der Waals surface area contributed by atoms with Gasteiger partial charge in [-0.3, -0.25) is 0 Å². The third kappa shape index (κ3) is 3.13. The normalized spacial score (nSPS) is 11.8. The van der Waals surface area contributed by atoms with Crippen molar-refractivity contribution in [2.75, 3.05) is 0 Å². The monoisotopic (exact) mass is 249 g/mol. The first-order chi connectivity index (χ1) is 8.46. The Balaban J connectivity index is 2.14. The Morgan fingerprint density at radius 3 is 2.61 bits per heavy atom. The molecule has 0 saturated carbocycles. The lowest BCUT2D eigenvalue weighted by Crippen LogP contribution is -2.35. The maximum absolute atomic E-state index is 13.5. The molecular weight excluding hydrogens is 233 g/mol. The number of halogens is 1. The van der Waals surface area contributed by atoms with Gasteiger partial charge in [-0.1, -0.05) is 12.1 Å². The lowest BCUT2D eigenvalue weighted by Gasteiger charge is -2.18. The summed E-state index contributed by atoms with van der Waals surface area (Å²) in [6.45, 7) is 6.59. The van der Waals surface area contributed by atoms with Crippen LogP contribution in [0, 0.1) is 5.82 Å². The van der Waals surface area contributed by atoms with Crippen LogP contribution in [-0.2, 0) is 6.54 Å². The van der Waals surface area contributed by atoms with Crippen molar-refractivity contribution in [3.8, 4) is 11.5 Å². The van der Waals surface area contributed by atoms with Crippen molar-refractivity contribution >= 4 is 0 Å². The lowest BCUT2D eigenvalue weighted by atomic mass is 10.1. The van der Waals surface area contributed by atoms with Gasteiger partial charge < -0.3 is 9.73 Å². The molecule has 0 aliphatic heterocycles. The summed E-state index contributed by atoms with van der Waals surface area (Å²) in [5.74, 6) is 0.290. The lowest BCUT2D eigenvalue weighted by molar-refractivity contribution is 0.383. The van der Waals surface area contributed by atoms with E-state index in [1.54, 1.807) is 18.2 Å². The minimum absolute atomic E-state index is 0.0351. The van der Waals surface area contributed by atoms with Gasteiger partial charge in [-0.15, -0.1) is 10.2 Å². The van der Waals surface area contributed by atoms with Crippen molar-refractivity contribution in [2.45, 2.75) is 32.9 Å². The molecule has 2 rings (SSSR count). The van der Waals surface area contributed by atoms with Crippen LogP contribution < -0.4 is 5.32 Å². The van der Waals surface area contributed by atoms with Gasteiger partial charge in [-0.25, -0.2) is 4.39 Å². The Labute approximate surface area is 105 Å². The van der Waals surface area contributed by atoms with Crippen molar-refractivity contribution in [3.05, 3.63) is 36.0 Å². The molecule has 18 heavy (non-hydrogen) atoms. The van der Waals surface area contributed by atoms with Gasteiger partial charge in [0.05, 0.1) is 12.1 Å². The molecule has 0 saturated heterocycles. The van der Waals surface area contributed by atoms with Crippen LogP contribution in [0.5, 0.6) is 0 Å². The topological polar surface area (TPSA) is 51.0 Å². The smallest absolute Gasteiger partial charge is 0.250 e. The minimum atomic E-state index is -0.364. The Bertz CT molecular complexity index is 531. The van der Waals surface area contributed by atoms with Gasteiger partial charge in [0, 0.05) is 5.54 Å². The van der Waals surface area contributed by atoms with E-state index in [-0.39, 0.29) is 17.2 Å². The van der Waals surface area contributed by atoms with Crippen molar-refractivity contribution < 1.29 is 8.81 Å². The Hall–Kier alpha value is -1.75. The number of nitrogens with zero attached hydrogens (tertiary/aromatic N) is 2. The van der Waals surface area contributed by atoms with Gasteiger partial charge in [-0.2, -0.15) is 0 Å². The molecule has 0 radical (unpaired) electrons. The summed E-state index contributed by atoms with van der Waals surface area (Å²) in [5, 5.41) is 11.0. The molecule has 0 spiro atoms. The fourth-order valence-electron chi connectivity index (χ4n) is 1.41. The van der Waals surface area contributed by atoms with Gasteiger partial charge >= 0.3 is 0 Å². The van der Waals surface area contributed by atoms with Crippen molar-refractivity contribution in [2.24, 2.45) is 0 Å². The third-order valence-electron chi connectivity index (χ3n) is 2.34. The molecule has 0 aliphatic carbocycles. The summed E-state index contributed by atoms with van der Waals surface area (Å²) in [5.41, 5.74) is 0.291. The standard InChI is InChI=1S/C13H16FN3O/c1-13(2,3)15-8-11-16-17-12(18-11)9-6-4-5-7-10(9)14/h4-7,15H,8H2,1-3H3. The van der Waals surface area contributed by atoms with Crippen LogP contribution in [0.3, 0.4) is 0 Å².